The molecule has 0 radical (unpaired) electrons. The summed E-state index contributed by atoms with van der Waals surface area (Å²) in [6.45, 7) is 10.5. The number of hydrogen-bond donors (Lipinski definition) is 1. The highest BCUT2D eigenvalue weighted by atomic mass is 16.1. The van der Waals surface area contributed by atoms with Crippen LogP contribution in [0.4, 0.5) is 5.69 Å². The minimum atomic E-state index is -0.00112. The summed E-state index contributed by atoms with van der Waals surface area (Å²) in [5.74, 6) is 0.566. The Morgan fingerprint density at radius 2 is 1.40 bits per heavy atom. The van der Waals surface area contributed by atoms with Gasteiger partial charge in [-0.25, -0.2) is 0 Å². The molecule has 0 amide bonds. The van der Waals surface area contributed by atoms with Crippen LogP contribution in [0.5, 0.6) is 0 Å². The minimum absolute atomic E-state index is 0.00112. The fourth-order valence-corrected chi connectivity index (χ4v) is 5.90. The monoisotopic (exact) mass is 565 g/mol. The van der Waals surface area contributed by atoms with Gasteiger partial charge in [-0.2, -0.15) is 0 Å². The lowest BCUT2D eigenvalue weighted by Gasteiger charge is -2.17. The number of Topliss-reactive ketones (excluding diaryl/α,β-unsaturated/α-hetero) is 1. The smallest absolute Gasteiger partial charge is 0.206 e. The van der Waals surface area contributed by atoms with E-state index in [1.54, 1.807) is 7.05 Å². The van der Waals surface area contributed by atoms with Gasteiger partial charge in [0.1, 0.15) is 0 Å². The number of ketones is 2. The van der Waals surface area contributed by atoms with Crippen LogP contribution in [0.2, 0.25) is 0 Å². The summed E-state index contributed by atoms with van der Waals surface area (Å²) >= 11 is 0. The summed E-state index contributed by atoms with van der Waals surface area (Å²) in [6, 6.07) is 19.8. The molecule has 42 heavy (non-hydrogen) atoms. The van der Waals surface area contributed by atoms with Gasteiger partial charge < -0.3 is 9.88 Å². The number of hydrogen-bond acceptors (Lipinski definition) is 4. The Bertz CT molecular complexity index is 1550. The van der Waals surface area contributed by atoms with E-state index in [4.69, 9.17) is 0 Å². The fourth-order valence-electron chi connectivity index (χ4n) is 5.90. The van der Waals surface area contributed by atoms with Crippen LogP contribution in [0.15, 0.2) is 65.7 Å². The van der Waals surface area contributed by atoms with E-state index in [2.05, 4.69) is 54.7 Å². The number of carbonyl (C=O) groups is 2. The Morgan fingerprint density at radius 3 is 2.00 bits per heavy atom. The molecule has 0 spiro atoms. The Balaban J connectivity index is 1.80. The predicted molar refractivity (Wildman–Crippen MR) is 179 cm³/mol. The van der Waals surface area contributed by atoms with Gasteiger partial charge in [0.15, 0.2) is 5.78 Å². The number of anilines is 1. The first-order chi connectivity index (χ1) is 20.4. The van der Waals surface area contributed by atoms with Gasteiger partial charge in [0, 0.05) is 64.3 Å². The standard InChI is InChI=1S/C37H47N3O2/c1-6-10-12-14-33(38-5)37(42)29-18-22-35-32(24-29)31-23-28(36(41)27-15-19-30(20-16-27)39-9-4)17-21-34(31)40(35)25-26(8-3)13-11-7-2/h15-24,26,39H,6-14,25H2,1-5H3. The number of nitrogens with one attached hydrogen (secondary N) is 1. The molecule has 4 rings (SSSR count). The number of aliphatic imine (C=N–C) groups is 1. The first-order valence-electron chi connectivity index (χ1n) is 15.9. The van der Waals surface area contributed by atoms with E-state index in [9.17, 15) is 9.59 Å². The molecule has 0 saturated carbocycles. The maximum Gasteiger partial charge on any atom is 0.206 e. The largest absolute Gasteiger partial charge is 0.385 e. The molecule has 0 aliphatic heterocycles. The number of nitrogens with zero attached hydrogens (tertiary/aromatic N) is 2. The van der Waals surface area contributed by atoms with Crippen molar-refractivity contribution in [2.75, 3.05) is 18.9 Å². The zero-order valence-electron chi connectivity index (χ0n) is 26.1. The highest BCUT2D eigenvalue weighted by Gasteiger charge is 2.20. The van der Waals surface area contributed by atoms with Crippen molar-refractivity contribution < 1.29 is 9.59 Å². The second-order valence-corrected chi connectivity index (χ2v) is 11.4. The van der Waals surface area contributed by atoms with Crippen molar-refractivity contribution in [3.63, 3.8) is 0 Å². The third-order valence-electron chi connectivity index (χ3n) is 8.45. The number of rotatable bonds is 16. The lowest BCUT2D eigenvalue weighted by Crippen LogP contribution is -2.14. The first-order valence-corrected chi connectivity index (χ1v) is 15.9. The molecule has 1 N–H and O–H groups in total. The van der Waals surface area contributed by atoms with E-state index in [1.807, 2.05) is 48.5 Å². The van der Waals surface area contributed by atoms with Gasteiger partial charge in [0.25, 0.3) is 0 Å². The molecule has 0 saturated heterocycles. The molecular weight excluding hydrogens is 518 g/mol. The predicted octanol–water partition coefficient (Wildman–Crippen LogP) is 9.51. The molecule has 1 unspecified atom stereocenters. The zero-order chi connectivity index (χ0) is 30.1. The number of benzene rings is 3. The molecule has 0 aliphatic carbocycles. The SMILES string of the molecule is CCCCCC(=NC)C(=O)c1ccc2c(c1)c1cc(C(=O)c3ccc(NCC)cc3)ccc1n2CC(CC)CCCC. The average Bonchev–Trinajstić information content (AvgIpc) is 3.33. The summed E-state index contributed by atoms with van der Waals surface area (Å²) in [7, 11) is 1.72. The average molecular weight is 566 g/mol. The summed E-state index contributed by atoms with van der Waals surface area (Å²) in [6.07, 6.45) is 8.58. The summed E-state index contributed by atoms with van der Waals surface area (Å²) in [5.41, 5.74) is 5.83. The van der Waals surface area contributed by atoms with Gasteiger partial charge in [-0.1, -0.05) is 52.9 Å². The third kappa shape index (κ3) is 7.00. The van der Waals surface area contributed by atoms with E-state index in [0.29, 0.717) is 34.7 Å². The molecule has 5 heteroatoms. The van der Waals surface area contributed by atoms with Crippen LogP contribution in [0, 0.1) is 5.92 Å². The van der Waals surface area contributed by atoms with Crippen molar-refractivity contribution in [1.82, 2.24) is 4.57 Å². The molecule has 5 nitrogen and oxygen atoms in total. The van der Waals surface area contributed by atoms with E-state index in [-0.39, 0.29) is 11.6 Å². The highest BCUT2D eigenvalue weighted by molar-refractivity contribution is 6.46. The molecule has 3 aromatic carbocycles. The van der Waals surface area contributed by atoms with Crippen molar-refractivity contribution in [1.29, 1.82) is 0 Å². The topological polar surface area (TPSA) is 63.5 Å². The number of aromatic nitrogens is 1. The lowest BCUT2D eigenvalue weighted by molar-refractivity contribution is 0.103. The van der Waals surface area contributed by atoms with Crippen LogP contribution in [-0.4, -0.2) is 35.4 Å². The number of carbonyl (C=O) groups excluding carboxylic acids is 2. The van der Waals surface area contributed by atoms with Gasteiger partial charge in [-0.05, 0) is 92.8 Å². The Morgan fingerprint density at radius 1 is 0.786 bits per heavy atom. The minimum Gasteiger partial charge on any atom is -0.385 e. The highest BCUT2D eigenvalue weighted by Crippen LogP contribution is 2.33. The van der Waals surface area contributed by atoms with E-state index < -0.39 is 0 Å². The fraction of sp³-hybridized carbons (Fsp3) is 0.432. The van der Waals surface area contributed by atoms with Crippen LogP contribution in [-0.2, 0) is 6.54 Å². The van der Waals surface area contributed by atoms with Gasteiger partial charge in [0.05, 0.1) is 5.71 Å². The van der Waals surface area contributed by atoms with Crippen LogP contribution in [0.25, 0.3) is 21.8 Å². The van der Waals surface area contributed by atoms with E-state index >= 15 is 0 Å². The normalized spacial score (nSPS) is 12.6. The quantitative estimate of drug-likeness (QED) is 0.0836. The van der Waals surface area contributed by atoms with Gasteiger partial charge in [-0.3, -0.25) is 14.6 Å². The van der Waals surface area contributed by atoms with Crippen molar-refractivity contribution in [2.45, 2.75) is 85.6 Å². The zero-order valence-corrected chi connectivity index (χ0v) is 26.1. The van der Waals surface area contributed by atoms with Crippen LogP contribution < -0.4 is 5.32 Å². The van der Waals surface area contributed by atoms with Crippen LogP contribution in [0.1, 0.15) is 105 Å². The Hall–Kier alpha value is -3.73. The summed E-state index contributed by atoms with van der Waals surface area (Å²) < 4.78 is 2.40. The maximum atomic E-state index is 13.6. The molecule has 0 aliphatic rings. The van der Waals surface area contributed by atoms with E-state index in [0.717, 1.165) is 66.3 Å². The Kier molecular flexibility index (Phi) is 11.1. The second-order valence-electron chi connectivity index (χ2n) is 11.4. The lowest BCUT2D eigenvalue weighted by atomic mass is 9.98. The first kappa shape index (κ1) is 31.2. The molecule has 4 aromatic rings. The Labute approximate surface area is 251 Å². The summed E-state index contributed by atoms with van der Waals surface area (Å²) in [5, 5.41) is 5.31. The van der Waals surface area contributed by atoms with Gasteiger partial charge in [0.2, 0.25) is 5.78 Å². The van der Waals surface area contributed by atoms with Crippen molar-refractivity contribution >= 4 is 44.8 Å². The van der Waals surface area contributed by atoms with Crippen molar-refractivity contribution in [2.24, 2.45) is 10.9 Å². The second kappa shape index (κ2) is 14.9. The van der Waals surface area contributed by atoms with Gasteiger partial charge >= 0.3 is 0 Å². The summed E-state index contributed by atoms with van der Waals surface area (Å²) in [4.78, 5) is 31.5. The van der Waals surface area contributed by atoms with Crippen molar-refractivity contribution in [3.8, 4) is 0 Å². The van der Waals surface area contributed by atoms with Crippen LogP contribution >= 0.6 is 0 Å². The molecule has 1 atom stereocenters. The maximum absolute atomic E-state index is 13.6. The number of fused-ring (bicyclic) bond motifs is 3. The number of unbranched alkanes of at least 4 members (excludes halogenated alkanes) is 3. The van der Waals surface area contributed by atoms with Gasteiger partial charge in [-0.15, -0.1) is 0 Å². The van der Waals surface area contributed by atoms with Crippen molar-refractivity contribution in [3.05, 3.63) is 77.4 Å². The third-order valence-corrected chi connectivity index (χ3v) is 8.45. The molecule has 0 bridgehead atoms. The molecule has 0 fully saturated rings. The van der Waals surface area contributed by atoms with Crippen LogP contribution in [0.3, 0.4) is 0 Å². The molecular formula is C37H47N3O2. The molecule has 222 valence electrons. The van der Waals surface area contributed by atoms with E-state index in [1.165, 1.54) is 19.3 Å². The molecule has 1 heterocycles. The molecule has 1 aromatic heterocycles.